The van der Waals surface area contributed by atoms with E-state index < -0.39 is 0 Å². The Morgan fingerprint density at radius 1 is 0.800 bits per heavy atom. The number of benzene rings is 3. The van der Waals surface area contributed by atoms with Gasteiger partial charge >= 0.3 is 0 Å². The molecule has 0 N–H and O–H groups in total. The van der Waals surface area contributed by atoms with E-state index in [1.165, 1.54) is 33.0 Å². The minimum atomic E-state index is 0.0490. The van der Waals surface area contributed by atoms with Crippen LogP contribution in [0.1, 0.15) is 25.0 Å². The van der Waals surface area contributed by atoms with Gasteiger partial charge in [-0.3, -0.25) is 0 Å². The maximum atomic E-state index is 4.71. The summed E-state index contributed by atoms with van der Waals surface area (Å²) in [6, 6.07) is 19.6. The second-order valence-corrected chi connectivity index (χ2v) is 6.52. The SMILES string of the molecule is CC1(C)c2ccccc2-c2c1cc(S)c1ccccc21. The summed E-state index contributed by atoms with van der Waals surface area (Å²) in [6.07, 6.45) is 0. The molecule has 3 aromatic rings. The Bertz CT molecular complexity index is 844. The van der Waals surface area contributed by atoms with E-state index >= 15 is 0 Å². The van der Waals surface area contributed by atoms with Gasteiger partial charge in [0.25, 0.3) is 0 Å². The summed E-state index contributed by atoms with van der Waals surface area (Å²) in [5.41, 5.74) is 5.62. The van der Waals surface area contributed by atoms with Crippen molar-refractivity contribution in [2.45, 2.75) is 24.2 Å². The number of rotatable bonds is 0. The first-order valence-electron chi connectivity index (χ1n) is 6.96. The molecule has 1 heteroatoms. The minimum absolute atomic E-state index is 0.0490. The molecule has 3 aromatic carbocycles. The van der Waals surface area contributed by atoms with Crippen LogP contribution < -0.4 is 0 Å². The highest BCUT2D eigenvalue weighted by molar-refractivity contribution is 7.80. The van der Waals surface area contributed by atoms with Crippen LogP contribution in [0.25, 0.3) is 21.9 Å². The third-order valence-corrected chi connectivity index (χ3v) is 4.94. The molecule has 0 aromatic heterocycles. The predicted octanol–water partition coefficient (Wildman–Crippen LogP) is 5.43. The van der Waals surface area contributed by atoms with Crippen molar-refractivity contribution >= 4 is 23.4 Å². The molecule has 98 valence electrons. The Balaban J connectivity index is 2.25. The Kier molecular flexibility index (Phi) is 2.34. The van der Waals surface area contributed by atoms with E-state index in [0.29, 0.717) is 0 Å². The van der Waals surface area contributed by atoms with Gasteiger partial charge in [0.1, 0.15) is 0 Å². The molecule has 0 nitrogen and oxygen atoms in total. The molecule has 0 fully saturated rings. The fraction of sp³-hybridized carbons (Fsp3) is 0.158. The molecule has 0 bridgehead atoms. The summed E-state index contributed by atoms with van der Waals surface area (Å²) >= 11 is 4.71. The summed E-state index contributed by atoms with van der Waals surface area (Å²) in [5, 5.41) is 2.55. The van der Waals surface area contributed by atoms with Gasteiger partial charge in [0.05, 0.1) is 0 Å². The lowest BCUT2D eigenvalue weighted by molar-refractivity contribution is 0.659. The number of thiol groups is 1. The average Bonchev–Trinajstić information content (AvgIpc) is 2.69. The second-order valence-electron chi connectivity index (χ2n) is 6.03. The summed E-state index contributed by atoms with van der Waals surface area (Å²) in [7, 11) is 0. The molecular weight excluding hydrogens is 260 g/mol. The smallest absolute Gasteiger partial charge is 0.0159 e. The topological polar surface area (TPSA) is 0 Å². The van der Waals surface area contributed by atoms with Gasteiger partial charge in [0.2, 0.25) is 0 Å². The van der Waals surface area contributed by atoms with E-state index in [9.17, 15) is 0 Å². The fourth-order valence-corrected chi connectivity index (χ4v) is 3.85. The molecular formula is C19H16S. The monoisotopic (exact) mass is 276 g/mol. The average molecular weight is 276 g/mol. The van der Waals surface area contributed by atoms with E-state index in [1.807, 2.05) is 0 Å². The van der Waals surface area contributed by atoms with Crippen LogP contribution in [0.4, 0.5) is 0 Å². The first-order chi connectivity index (χ1) is 9.60. The van der Waals surface area contributed by atoms with Crippen LogP contribution in [0.2, 0.25) is 0 Å². The third kappa shape index (κ3) is 1.39. The van der Waals surface area contributed by atoms with Crippen LogP contribution in [0, 0.1) is 0 Å². The van der Waals surface area contributed by atoms with Crippen LogP contribution >= 0.6 is 12.6 Å². The predicted molar refractivity (Wildman–Crippen MR) is 88.8 cm³/mol. The Morgan fingerprint density at radius 2 is 1.45 bits per heavy atom. The molecule has 1 aliphatic carbocycles. The zero-order valence-electron chi connectivity index (χ0n) is 11.6. The molecule has 0 unspecified atom stereocenters. The van der Waals surface area contributed by atoms with Gasteiger partial charge in [-0.15, -0.1) is 12.6 Å². The zero-order valence-corrected chi connectivity index (χ0v) is 12.5. The van der Waals surface area contributed by atoms with Crippen LogP contribution in [0.15, 0.2) is 59.5 Å². The maximum absolute atomic E-state index is 4.71. The lowest BCUT2D eigenvalue weighted by Crippen LogP contribution is -2.14. The van der Waals surface area contributed by atoms with E-state index in [4.69, 9.17) is 12.6 Å². The van der Waals surface area contributed by atoms with E-state index in [-0.39, 0.29) is 5.41 Å². The van der Waals surface area contributed by atoms with Crippen molar-refractivity contribution in [2.24, 2.45) is 0 Å². The molecule has 0 saturated heterocycles. The lowest BCUT2D eigenvalue weighted by Gasteiger charge is -2.22. The van der Waals surface area contributed by atoms with Crippen molar-refractivity contribution in [3.8, 4) is 11.1 Å². The van der Waals surface area contributed by atoms with Crippen molar-refractivity contribution in [2.75, 3.05) is 0 Å². The van der Waals surface area contributed by atoms with Gasteiger partial charge in [-0.2, -0.15) is 0 Å². The fourth-order valence-electron chi connectivity index (χ4n) is 3.53. The second kappa shape index (κ2) is 3.89. The summed E-state index contributed by atoms with van der Waals surface area (Å²) in [5.74, 6) is 0. The summed E-state index contributed by atoms with van der Waals surface area (Å²) in [6.45, 7) is 4.61. The van der Waals surface area contributed by atoms with Gasteiger partial charge < -0.3 is 0 Å². The van der Waals surface area contributed by atoms with Crippen LogP contribution in [0.5, 0.6) is 0 Å². The van der Waals surface area contributed by atoms with Crippen molar-refractivity contribution in [3.63, 3.8) is 0 Å². The maximum Gasteiger partial charge on any atom is 0.0159 e. The summed E-state index contributed by atoms with van der Waals surface area (Å²) in [4.78, 5) is 1.07. The number of fused-ring (bicyclic) bond motifs is 5. The van der Waals surface area contributed by atoms with Gasteiger partial charge in [-0.25, -0.2) is 0 Å². The first-order valence-corrected chi connectivity index (χ1v) is 7.40. The number of hydrogen-bond acceptors (Lipinski definition) is 1. The lowest BCUT2D eigenvalue weighted by atomic mass is 9.82. The standard InChI is InChI=1S/C19H16S/c1-19(2)15-10-6-5-9-14(15)18-13-8-4-3-7-12(13)17(20)11-16(18)19/h3-11,20H,1-2H3. The molecule has 4 rings (SSSR count). The minimum Gasteiger partial charge on any atom is -0.143 e. The van der Waals surface area contributed by atoms with Gasteiger partial charge in [-0.05, 0) is 39.1 Å². The number of hydrogen-bond donors (Lipinski definition) is 1. The Labute approximate surface area is 124 Å². The van der Waals surface area contributed by atoms with Gasteiger partial charge in [0, 0.05) is 10.3 Å². The Morgan fingerprint density at radius 3 is 2.25 bits per heavy atom. The third-order valence-electron chi connectivity index (χ3n) is 4.57. The molecule has 20 heavy (non-hydrogen) atoms. The molecule has 0 radical (unpaired) electrons. The molecule has 0 saturated carbocycles. The largest absolute Gasteiger partial charge is 0.143 e. The Hall–Kier alpha value is -1.73. The molecule has 1 aliphatic rings. The van der Waals surface area contributed by atoms with Gasteiger partial charge in [0.15, 0.2) is 0 Å². The molecule has 0 atom stereocenters. The summed E-state index contributed by atoms with van der Waals surface area (Å²) < 4.78 is 0. The highest BCUT2D eigenvalue weighted by Gasteiger charge is 2.36. The molecule has 0 aliphatic heterocycles. The van der Waals surface area contributed by atoms with Gasteiger partial charge in [-0.1, -0.05) is 62.4 Å². The van der Waals surface area contributed by atoms with E-state index in [1.54, 1.807) is 0 Å². The molecule has 0 spiro atoms. The van der Waals surface area contributed by atoms with Crippen molar-refractivity contribution < 1.29 is 0 Å². The normalized spacial score (nSPS) is 15.2. The van der Waals surface area contributed by atoms with Crippen molar-refractivity contribution in [1.82, 2.24) is 0 Å². The quantitative estimate of drug-likeness (QED) is 0.520. The zero-order chi connectivity index (χ0) is 13.9. The van der Waals surface area contributed by atoms with Crippen LogP contribution in [-0.4, -0.2) is 0 Å². The van der Waals surface area contributed by atoms with E-state index in [2.05, 4.69) is 68.4 Å². The van der Waals surface area contributed by atoms with Crippen LogP contribution in [0.3, 0.4) is 0 Å². The highest BCUT2D eigenvalue weighted by atomic mass is 32.1. The van der Waals surface area contributed by atoms with Crippen molar-refractivity contribution in [1.29, 1.82) is 0 Å². The van der Waals surface area contributed by atoms with Crippen LogP contribution in [-0.2, 0) is 5.41 Å². The first kappa shape index (κ1) is 12.0. The molecule has 0 amide bonds. The van der Waals surface area contributed by atoms with E-state index in [0.717, 1.165) is 4.90 Å². The van der Waals surface area contributed by atoms with Crippen molar-refractivity contribution in [3.05, 3.63) is 65.7 Å². The highest BCUT2D eigenvalue weighted by Crippen LogP contribution is 2.52. The molecule has 0 heterocycles.